The third-order valence-corrected chi connectivity index (χ3v) is 8.46. The van der Waals surface area contributed by atoms with E-state index in [0.717, 1.165) is 30.4 Å². The second-order valence-electron chi connectivity index (χ2n) is 9.89. The molecule has 0 N–H and O–H groups in total. The lowest BCUT2D eigenvalue weighted by molar-refractivity contribution is -0.137. The van der Waals surface area contributed by atoms with Gasteiger partial charge in [-0.3, -0.25) is 4.90 Å². The molecule has 0 radical (unpaired) electrons. The van der Waals surface area contributed by atoms with E-state index in [1.165, 1.54) is 28.6 Å². The highest BCUT2D eigenvalue weighted by Crippen LogP contribution is 2.34. The van der Waals surface area contributed by atoms with Crippen molar-refractivity contribution >= 4 is 10.0 Å². The van der Waals surface area contributed by atoms with Crippen molar-refractivity contribution in [1.29, 1.82) is 0 Å². The van der Waals surface area contributed by atoms with Crippen molar-refractivity contribution in [1.82, 2.24) is 9.21 Å². The Kier molecular flexibility index (Phi) is 8.45. The van der Waals surface area contributed by atoms with Gasteiger partial charge in [0, 0.05) is 26.2 Å². The fraction of sp³-hybridized carbons (Fsp3) is 0.538. The smallest absolute Gasteiger partial charge is 0.416 e. The monoisotopic (exact) mass is 546 g/mol. The van der Waals surface area contributed by atoms with Crippen molar-refractivity contribution in [2.45, 2.75) is 56.8 Å². The minimum atomic E-state index is -4.37. The first-order chi connectivity index (χ1) is 17.4. The zero-order valence-electron chi connectivity index (χ0n) is 20.6. The summed E-state index contributed by atoms with van der Waals surface area (Å²) in [7, 11) is -3.28. The fourth-order valence-corrected chi connectivity index (χ4v) is 5.95. The largest absolute Gasteiger partial charge is 0.484 e. The zero-order valence-corrected chi connectivity index (χ0v) is 21.4. The predicted molar refractivity (Wildman–Crippen MR) is 130 cm³/mol. The van der Waals surface area contributed by atoms with Crippen LogP contribution in [0.3, 0.4) is 0 Å². The lowest BCUT2D eigenvalue weighted by Gasteiger charge is -2.30. The zero-order chi connectivity index (χ0) is 26.8. The summed E-state index contributed by atoms with van der Waals surface area (Å²) >= 11 is 0. The molecule has 2 aliphatic rings. The van der Waals surface area contributed by atoms with Gasteiger partial charge in [0.15, 0.2) is 17.4 Å². The standard InChI is InChI=1S/C26H31F5N2O3S/c1-37(34,35)33-13-8-19(9-14-33)20-15-23(27)25(24(28)16-20)36-22-3-2-11-32(12-10-22)17-18-4-6-21(7-5-18)26(29,30)31/h4-7,15-16,19,22H,2-3,8-14,17H2,1H3. The van der Waals surface area contributed by atoms with Gasteiger partial charge in [0.25, 0.3) is 0 Å². The molecule has 1 unspecified atom stereocenters. The van der Waals surface area contributed by atoms with Gasteiger partial charge in [-0.15, -0.1) is 0 Å². The Bertz CT molecular complexity index is 1160. The van der Waals surface area contributed by atoms with Crippen molar-refractivity contribution in [2.75, 3.05) is 32.4 Å². The summed E-state index contributed by atoms with van der Waals surface area (Å²) in [6, 6.07) is 7.66. The highest BCUT2D eigenvalue weighted by Gasteiger charge is 2.30. The minimum absolute atomic E-state index is 0.132. The molecule has 204 valence electrons. The van der Waals surface area contributed by atoms with E-state index in [0.29, 0.717) is 64.0 Å². The summed E-state index contributed by atoms with van der Waals surface area (Å²) in [5.41, 5.74) is 0.580. The lowest BCUT2D eigenvalue weighted by Crippen LogP contribution is -2.37. The molecule has 2 aromatic rings. The van der Waals surface area contributed by atoms with Crippen molar-refractivity contribution in [3.8, 4) is 5.75 Å². The Morgan fingerprint density at radius 2 is 1.54 bits per heavy atom. The Morgan fingerprint density at radius 1 is 0.919 bits per heavy atom. The third-order valence-electron chi connectivity index (χ3n) is 7.15. The molecule has 0 bridgehead atoms. The van der Waals surface area contributed by atoms with Gasteiger partial charge in [-0.2, -0.15) is 13.2 Å². The summed E-state index contributed by atoms with van der Waals surface area (Å²) < 4.78 is 98.7. The molecule has 2 aromatic carbocycles. The topological polar surface area (TPSA) is 49.9 Å². The number of sulfonamides is 1. The van der Waals surface area contributed by atoms with Gasteiger partial charge in [0.05, 0.1) is 11.8 Å². The van der Waals surface area contributed by atoms with Gasteiger partial charge < -0.3 is 4.74 Å². The van der Waals surface area contributed by atoms with E-state index in [1.54, 1.807) is 0 Å². The summed E-state index contributed by atoms with van der Waals surface area (Å²) in [6.45, 7) is 2.41. The van der Waals surface area contributed by atoms with Crippen LogP contribution in [0.5, 0.6) is 5.75 Å². The average Bonchev–Trinajstić information content (AvgIpc) is 3.05. The molecule has 2 saturated heterocycles. The maximum atomic E-state index is 14.9. The minimum Gasteiger partial charge on any atom is -0.484 e. The summed E-state index contributed by atoms with van der Waals surface area (Å²) in [5, 5.41) is 0. The Hall–Kier alpha value is -2.24. The Morgan fingerprint density at radius 3 is 2.11 bits per heavy atom. The molecule has 0 spiro atoms. The van der Waals surface area contributed by atoms with Crippen molar-refractivity contribution < 1.29 is 35.1 Å². The van der Waals surface area contributed by atoms with E-state index >= 15 is 0 Å². The number of hydrogen-bond acceptors (Lipinski definition) is 4. The summed E-state index contributed by atoms with van der Waals surface area (Å²) in [5.74, 6) is -2.08. The number of rotatable bonds is 6. The molecule has 37 heavy (non-hydrogen) atoms. The number of nitrogens with zero attached hydrogens (tertiary/aromatic N) is 2. The predicted octanol–water partition coefficient (Wildman–Crippen LogP) is 5.56. The highest BCUT2D eigenvalue weighted by molar-refractivity contribution is 7.88. The van der Waals surface area contributed by atoms with Gasteiger partial charge in [0.1, 0.15) is 6.10 Å². The van der Waals surface area contributed by atoms with E-state index in [-0.39, 0.29) is 12.0 Å². The molecule has 2 aliphatic heterocycles. The van der Waals surface area contributed by atoms with Crippen LogP contribution in [-0.2, 0) is 22.7 Å². The molecule has 0 aliphatic carbocycles. The van der Waals surface area contributed by atoms with E-state index in [9.17, 15) is 30.4 Å². The van der Waals surface area contributed by atoms with E-state index < -0.39 is 39.1 Å². The van der Waals surface area contributed by atoms with Gasteiger partial charge in [-0.05, 0) is 80.0 Å². The normalized spacial score (nSPS) is 21.1. The maximum absolute atomic E-state index is 14.9. The summed E-state index contributed by atoms with van der Waals surface area (Å²) in [4.78, 5) is 2.10. The Balaban J connectivity index is 1.33. The van der Waals surface area contributed by atoms with Crippen LogP contribution in [0.2, 0.25) is 0 Å². The third kappa shape index (κ3) is 7.20. The number of halogens is 5. The number of likely N-dealkylation sites (tertiary alicyclic amines) is 1. The highest BCUT2D eigenvalue weighted by atomic mass is 32.2. The molecule has 5 nitrogen and oxygen atoms in total. The van der Waals surface area contributed by atoms with Gasteiger partial charge in [0.2, 0.25) is 10.0 Å². The first-order valence-corrected chi connectivity index (χ1v) is 14.2. The van der Waals surface area contributed by atoms with Crippen LogP contribution in [0.15, 0.2) is 36.4 Å². The maximum Gasteiger partial charge on any atom is 0.416 e. The Labute approximate surface area is 214 Å². The SMILES string of the molecule is CS(=O)(=O)N1CCC(c2cc(F)c(OC3CCCN(Cc4ccc(C(F)(F)F)cc4)CC3)c(F)c2)CC1. The second kappa shape index (κ2) is 11.2. The van der Waals surface area contributed by atoms with Gasteiger partial charge >= 0.3 is 6.18 Å². The van der Waals surface area contributed by atoms with Crippen molar-refractivity contribution in [2.24, 2.45) is 0 Å². The number of benzene rings is 2. The van der Waals surface area contributed by atoms with Crippen LogP contribution in [0.25, 0.3) is 0 Å². The van der Waals surface area contributed by atoms with Gasteiger partial charge in [-0.1, -0.05) is 12.1 Å². The van der Waals surface area contributed by atoms with Crippen LogP contribution in [0.1, 0.15) is 54.7 Å². The van der Waals surface area contributed by atoms with Gasteiger partial charge in [-0.25, -0.2) is 21.5 Å². The molecule has 4 rings (SSSR count). The first-order valence-electron chi connectivity index (χ1n) is 12.4. The first kappa shape index (κ1) is 27.8. The molecular formula is C26H31F5N2O3S. The molecule has 0 amide bonds. The van der Waals surface area contributed by atoms with Crippen LogP contribution in [-0.4, -0.2) is 56.2 Å². The van der Waals surface area contributed by atoms with Crippen LogP contribution >= 0.6 is 0 Å². The van der Waals surface area contributed by atoms with Crippen LogP contribution in [0.4, 0.5) is 22.0 Å². The number of alkyl halides is 3. The number of hydrogen-bond donors (Lipinski definition) is 0. The van der Waals surface area contributed by atoms with Crippen LogP contribution in [0, 0.1) is 11.6 Å². The van der Waals surface area contributed by atoms with Crippen molar-refractivity contribution in [3.05, 3.63) is 64.7 Å². The fourth-order valence-electron chi connectivity index (χ4n) is 5.07. The average molecular weight is 547 g/mol. The number of ether oxygens (including phenoxy) is 1. The quantitative estimate of drug-likeness (QED) is 0.446. The van der Waals surface area contributed by atoms with Crippen molar-refractivity contribution in [3.63, 3.8) is 0 Å². The molecule has 0 aromatic heterocycles. The molecule has 11 heteroatoms. The lowest BCUT2D eigenvalue weighted by atomic mass is 9.90. The molecule has 0 saturated carbocycles. The van der Waals surface area contributed by atoms with E-state index in [2.05, 4.69) is 4.90 Å². The number of piperidine rings is 1. The van der Waals surface area contributed by atoms with Crippen LogP contribution < -0.4 is 4.74 Å². The molecule has 2 heterocycles. The molecule has 2 fully saturated rings. The second-order valence-corrected chi connectivity index (χ2v) is 11.9. The summed E-state index contributed by atoms with van der Waals surface area (Å²) in [6.07, 6.45) is -0.756. The van der Waals surface area contributed by atoms with E-state index in [1.807, 2.05) is 0 Å². The molecule has 1 atom stereocenters. The van der Waals surface area contributed by atoms with E-state index in [4.69, 9.17) is 4.74 Å². The molecular weight excluding hydrogens is 515 g/mol.